The minimum Gasteiger partial charge on any atom is -0.489 e. The molecule has 0 saturated heterocycles. The monoisotopic (exact) mass is 353 g/mol. The summed E-state index contributed by atoms with van der Waals surface area (Å²) in [7, 11) is 0. The van der Waals surface area contributed by atoms with Crippen molar-refractivity contribution in [3.63, 3.8) is 0 Å². The smallest absolute Gasteiger partial charge is 0.138 e. The Bertz CT molecular complexity index is 586. The predicted molar refractivity (Wildman–Crippen MR) is 88.7 cm³/mol. The zero-order valence-corrected chi connectivity index (χ0v) is 13.8. The molecule has 0 aliphatic heterocycles. The maximum Gasteiger partial charge on any atom is 0.138 e. The van der Waals surface area contributed by atoms with Crippen molar-refractivity contribution in [2.45, 2.75) is 26.5 Å². The van der Waals surface area contributed by atoms with Crippen molar-refractivity contribution in [3.8, 4) is 5.75 Å². The normalized spacial score (nSPS) is 10.7. The summed E-state index contributed by atoms with van der Waals surface area (Å²) >= 11 is 9.75. The molecule has 4 heteroatoms. The van der Waals surface area contributed by atoms with Gasteiger partial charge in [0.15, 0.2) is 0 Å². The molecule has 0 fully saturated rings. The molecule has 0 atom stereocenters. The Labute approximate surface area is 133 Å². The van der Waals surface area contributed by atoms with Gasteiger partial charge in [0.2, 0.25) is 0 Å². The predicted octanol–water partition coefficient (Wildman–Crippen LogP) is 5.50. The lowest BCUT2D eigenvalue weighted by Gasteiger charge is -2.13. The van der Waals surface area contributed by atoms with Gasteiger partial charge in [-0.05, 0) is 43.7 Å². The van der Waals surface area contributed by atoms with E-state index >= 15 is 0 Å². The highest BCUT2D eigenvalue weighted by Crippen LogP contribution is 2.29. The average Bonchev–Trinajstić information content (AvgIpc) is 2.40. The summed E-state index contributed by atoms with van der Waals surface area (Å²) in [5.41, 5.74) is 2.17. The van der Waals surface area contributed by atoms with Gasteiger partial charge in [-0.3, -0.25) is 0 Å². The van der Waals surface area contributed by atoms with Gasteiger partial charge in [0.1, 0.15) is 5.75 Å². The minimum absolute atomic E-state index is 0.117. The molecule has 106 valence electrons. The highest BCUT2D eigenvalue weighted by atomic mass is 79.9. The van der Waals surface area contributed by atoms with Crippen molar-refractivity contribution >= 4 is 33.2 Å². The fourth-order valence-corrected chi connectivity index (χ4v) is 2.45. The fraction of sp³-hybridized carbons (Fsp3) is 0.250. The minimum atomic E-state index is 0.117. The average molecular weight is 355 g/mol. The lowest BCUT2D eigenvalue weighted by molar-refractivity contribution is 0.242. The number of halogens is 2. The first-order valence-electron chi connectivity index (χ1n) is 6.49. The van der Waals surface area contributed by atoms with Crippen molar-refractivity contribution < 1.29 is 4.74 Å². The molecule has 20 heavy (non-hydrogen) atoms. The zero-order chi connectivity index (χ0) is 14.5. The van der Waals surface area contributed by atoms with Crippen LogP contribution < -0.4 is 10.1 Å². The van der Waals surface area contributed by atoms with Crippen molar-refractivity contribution in [1.82, 2.24) is 0 Å². The molecule has 0 aromatic heterocycles. The third-order valence-corrected chi connectivity index (χ3v) is 3.80. The molecule has 2 aromatic carbocycles. The van der Waals surface area contributed by atoms with E-state index in [1.807, 2.05) is 50.2 Å². The molecule has 0 amide bonds. The van der Waals surface area contributed by atoms with E-state index in [1.165, 1.54) is 5.56 Å². The Kier molecular flexibility index (Phi) is 5.32. The lowest BCUT2D eigenvalue weighted by Crippen LogP contribution is -2.06. The standard InChI is InChI=1S/C16H17BrClNO/c1-11(2)20-16-8-7-13(9-15(16)18)19-10-12-5-3-4-6-14(12)17/h3-9,11,19H,10H2,1-2H3. The molecule has 0 aliphatic carbocycles. The summed E-state index contributed by atoms with van der Waals surface area (Å²) in [6.45, 7) is 4.70. The second kappa shape index (κ2) is 7.00. The molecule has 2 aromatic rings. The number of hydrogen-bond donors (Lipinski definition) is 1. The van der Waals surface area contributed by atoms with Crippen LogP contribution in [0.15, 0.2) is 46.9 Å². The first kappa shape index (κ1) is 15.2. The van der Waals surface area contributed by atoms with Crippen molar-refractivity contribution in [3.05, 3.63) is 57.5 Å². The number of ether oxygens (including phenoxy) is 1. The van der Waals surface area contributed by atoms with E-state index in [9.17, 15) is 0 Å². The van der Waals surface area contributed by atoms with E-state index < -0.39 is 0 Å². The number of rotatable bonds is 5. The summed E-state index contributed by atoms with van der Waals surface area (Å²) in [6, 6.07) is 13.9. The van der Waals surface area contributed by atoms with Crippen LogP contribution in [-0.2, 0) is 6.54 Å². The van der Waals surface area contributed by atoms with Crippen LogP contribution in [0.5, 0.6) is 5.75 Å². The van der Waals surface area contributed by atoms with E-state index in [2.05, 4.69) is 27.3 Å². The Morgan fingerprint density at radius 3 is 2.60 bits per heavy atom. The van der Waals surface area contributed by atoms with Crippen LogP contribution in [0.3, 0.4) is 0 Å². The largest absolute Gasteiger partial charge is 0.489 e. The Morgan fingerprint density at radius 2 is 1.95 bits per heavy atom. The second-order valence-electron chi connectivity index (χ2n) is 4.76. The SMILES string of the molecule is CC(C)Oc1ccc(NCc2ccccc2Br)cc1Cl. The van der Waals surface area contributed by atoms with E-state index in [0.717, 1.165) is 16.7 Å². The van der Waals surface area contributed by atoms with Gasteiger partial charge in [-0.2, -0.15) is 0 Å². The molecule has 0 unspecified atom stereocenters. The van der Waals surface area contributed by atoms with Gasteiger partial charge in [0.05, 0.1) is 11.1 Å². The Hall–Kier alpha value is -1.19. The zero-order valence-electron chi connectivity index (χ0n) is 11.5. The Balaban J connectivity index is 2.04. The van der Waals surface area contributed by atoms with Crippen LogP contribution in [-0.4, -0.2) is 6.10 Å². The topological polar surface area (TPSA) is 21.3 Å². The number of benzene rings is 2. The second-order valence-corrected chi connectivity index (χ2v) is 6.02. The van der Waals surface area contributed by atoms with Crippen LogP contribution in [0, 0.1) is 0 Å². The van der Waals surface area contributed by atoms with Gasteiger partial charge in [0, 0.05) is 16.7 Å². The molecule has 1 N–H and O–H groups in total. The van der Waals surface area contributed by atoms with E-state index in [1.54, 1.807) is 0 Å². The van der Waals surface area contributed by atoms with E-state index in [4.69, 9.17) is 16.3 Å². The summed E-state index contributed by atoms with van der Waals surface area (Å²) in [5, 5.41) is 3.97. The number of anilines is 1. The molecule has 0 saturated carbocycles. The van der Waals surface area contributed by atoms with E-state index in [0.29, 0.717) is 10.8 Å². The highest BCUT2D eigenvalue weighted by molar-refractivity contribution is 9.10. The summed E-state index contributed by atoms with van der Waals surface area (Å²) < 4.78 is 6.71. The van der Waals surface area contributed by atoms with Gasteiger partial charge in [-0.25, -0.2) is 0 Å². The molecule has 2 rings (SSSR count). The summed E-state index contributed by atoms with van der Waals surface area (Å²) in [5.74, 6) is 0.716. The molecule has 0 bridgehead atoms. The van der Waals surface area contributed by atoms with Gasteiger partial charge >= 0.3 is 0 Å². The molecular weight excluding hydrogens is 338 g/mol. The van der Waals surface area contributed by atoms with Crippen LogP contribution >= 0.6 is 27.5 Å². The van der Waals surface area contributed by atoms with Gasteiger partial charge < -0.3 is 10.1 Å². The number of nitrogens with one attached hydrogen (secondary N) is 1. The molecule has 0 spiro atoms. The quantitative estimate of drug-likeness (QED) is 0.765. The van der Waals surface area contributed by atoms with Crippen LogP contribution in [0.2, 0.25) is 5.02 Å². The van der Waals surface area contributed by atoms with E-state index in [-0.39, 0.29) is 6.10 Å². The first-order valence-corrected chi connectivity index (χ1v) is 7.67. The summed E-state index contributed by atoms with van der Waals surface area (Å²) in [4.78, 5) is 0. The van der Waals surface area contributed by atoms with Crippen LogP contribution in [0.1, 0.15) is 19.4 Å². The summed E-state index contributed by atoms with van der Waals surface area (Å²) in [6.07, 6.45) is 0.117. The highest BCUT2D eigenvalue weighted by Gasteiger charge is 2.05. The van der Waals surface area contributed by atoms with Gasteiger partial charge in [-0.1, -0.05) is 45.7 Å². The maximum absolute atomic E-state index is 6.21. The van der Waals surface area contributed by atoms with Gasteiger partial charge in [-0.15, -0.1) is 0 Å². The molecule has 2 nitrogen and oxygen atoms in total. The third kappa shape index (κ3) is 4.15. The van der Waals surface area contributed by atoms with Crippen molar-refractivity contribution in [1.29, 1.82) is 0 Å². The first-order chi connectivity index (χ1) is 9.56. The van der Waals surface area contributed by atoms with Crippen molar-refractivity contribution in [2.75, 3.05) is 5.32 Å². The van der Waals surface area contributed by atoms with Gasteiger partial charge in [0.25, 0.3) is 0 Å². The Morgan fingerprint density at radius 1 is 1.20 bits per heavy atom. The third-order valence-electron chi connectivity index (χ3n) is 2.74. The molecule has 0 heterocycles. The lowest BCUT2D eigenvalue weighted by atomic mass is 10.2. The number of hydrogen-bond acceptors (Lipinski definition) is 2. The van der Waals surface area contributed by atoms with Crippen LogP contribution in [0.4, 0.5) is 5.69 Å². The van der Waals surface area contributed by atoms with Crippen molar-refractivity contribution in [2.24, 2.45) is 0 Å². The molecule has 0 radical (unpaired) electrons. The molecule has 0 aliphatic rings. The van der Waals surface area contributed by atoms with Crippen LogP contribution in [0.25, 0.3) is 0 Å². The fourth-order valence-electron chi connectivity index (χ4n) is 1.80. The molecular formula is C16H17BrClNO. The maximum atomic E-state index is 6.21.